The summed E-state index contributed by atoms with van der Waals surface area (Å²) in [6, 6.07) is 1.69. The number of aryl methyl sites for hydroxylation is 1. The van der Waals surface area contributed by atoms with E-state index >= 15 is 0 Å². The molecule has 1 saturated heterocycles. The SMILES string of the molecule is Cc1cc(NC(=O)CNCCN2CCOCC2)no1. The highest BCUT2D eigenvalue weighted by Crippen LogP contribution is 2.06. The van der Waals surface area contributed by atoms with Gasteiger partial charge < -0.3 is 19.9 Å². The van der Waals surface area contributed by atoms with E-state index < -0.39 is 0 Å². The van der Waals surface area contributed by atoms with Crippen molar-refractivity contribution in [3.8, 4) is 0 Å². The van der Waals surface area contributed by atoms with Crippen LogP contribution in [0.2, 0.25) is 0 Å². The molecule has 7 nitrogen and oxygen atoms in total. The second-order valence-corrected chi connectivity index (χ2v) is 4.50. The third-order valence-corrected chi connectivity index (χ3v) is 2.89. The first kappa shape index (κ1) is 14.0. The van der Waals surface area contributed by atoms with Crippen molar-refractivity contribution in [2.75, 3.05) is 51.3 Å². The van der Waals surface area contributed by atoms with Gasteiger partial charge in [-0.05, 0) is 6.92 Å². The molecule has 0 atom stereocenters. The van der Waals surface area contributed by atoms with Crippen molar-refractivity contribution in [1.82, 2.24) is 15.4 Å². The lowest BCUT2D eigenvalue weighted by atomic mass is 10.4. The summed E-state index contributed by atoms with van der Waals surface area (Å²) in [6.07, 6.45) is 0. The van der Waals surface area contributed by atoms with E-state index in [2.05, 4.69) is 20.7 Å². The minimum Gasteiger partial charge on any atom is -0.379 e. The van der Waals surface area contributed by atoms with Gasteiger partial charge in [-0.2, -0.15) is 0 Å². The van der Waals surface area contributed by atoms with Crippen molar-refractivity contribution in [2.24, 2.45) is 0 Å². The molecule has 7 heteroatoms. The van der Waals surface area contributed by atoms with Gasteiger partial charge in [0.25, 0.3) is 0 Å². The zero-order chi connectivity index (χ0) is 13.5. The van der Waals surface area contributed by atoms with Gasteiger partial charge in [0.1, 0.15) is 5.76 Å². The van der Waals surface area contributed by atoms with E-state index in [4.69, 9.17) is 9.26 Å². The molecule has 0 bridgehead atoms. The van der Waals surface area contributed by atoms with Crippen molar-refractivity contribution in [2.45, 2.75) is 6.92 Å². The predicted molar refractivity (Wildman–Crippen MR) is 70.0 cm³/mol. The number of carbonyl (C=O) groups is 1. The molecule has 0 spiro atoms. The molecular weight excluding hydrogens is 248 g/mol. The Morgan fingerprint density at radius 2 is 2.26 bits per heavy atom. The fraction of sp³-hybridized carbons (Fsp3) is 0.667. The average molecular weight is 268 g/mol. The number of amides is 1. The Morgan fingerprint density at radius 1 is 1.47 bits per heavy atom. The Labute approximate surface area is 112 Å². The van der Waals surface area contributed by atoms with Crippen molar-refractivity contribution in [3.05, 3.63) is 11.8 Å². The number of nitrogens with one attached hydrogen (secondary N) is 2. The van der Waals surface area contributed by atoms with Gasteiger partial charge in [0.2, 0.25) is 5.91 Å². The number of anilines is 1. The topological polar surface area (TPSA) is 79.6 Å². The van der Waals surface area contributed by atoms with Gasteiger partial charge in [0.15, 0.2) is 5.82 Å². The van der Waals surface area contributed by atoms with Crippen molar-refractivity contribution < 1.29 is 14.1 Å². The van der Waals surface area contributed by atoms with Crippen molar-refractivity contribution in [3.63, 3.8) is 0 Å². The maximum Gasteiger partial charge on any atom is 0.239 e. The molecule has 0 aliphatic carbocycles. The highest BCUT2D eigenvalue weighted by atomic mass is 16.5. The molecule has 106 valence electrons. The van der Waals surface area contributed by atoms with E-state index in [1.807, 2.05) is 0 Å². The lowest BCUT2D eigenvalue weighted by Crippen LogP contribution is -2.41. The molecular formula is C12H20N4O3. The first-order valence-electron chi connectivity index (χ1n) is 6.48. The largest absolute Gasteiger partial charge is 0.379 e. The van der Waals surface area contributed by atoms with E-state index in [1.165, 1.54) is 0 Å². The normalized spacial score (nSPS) is 16.5. The van der Waals surface area contributed by atoms with Crippen LogP contribution in [0.4, 0.5) is 5.82 Å². The van der Waals surface area contributed by atoms with Crippen LogP contribution in [-0.4, -0.2) is 61.9 Å². The lowest BCUT2D eigenvalue weighted by Gasteiger charge is -2.26. The molecule has 0 saturated carbocycles. The number of morpholine rings is 1. The van der Waals surface area contributed by atoms with Gasteiger partial charge in [0.05, 0.1) is 19.8 Å². The van der Waals surface area contributed by atoms with Crippen LogP contribution in [0.1, 0.15) is 5.76 Å². The standard InChI is InChI=1S/C12H20N4O3/c1-10-8-11(15-19-10)14-12(17)9-13-2-3-16-4-6-18-7-5-16/h8,13H,2-7,9H2,1H3,(H,14,15,17). The number of hydrogen-bond donors (Lipinski definition) is 2. The summed E-state index contributed by atoms with van der Waals surface area (Å²) in [6.45, 7) is 7.29. The number of hydrogen-bond acceptors (Lipinski definition) is 6. The molecule has 1 amide bonds. The first-order chi connectivity index (χ1) is 9.24. The predicted octanol–water partition coefficient (Wildman–Crippen LogP) is -0.157. The van der Waals surface area contributed by atoms with Crippen LogP contribution in [0.5, 0.6) is 0 Å². The monoisotopic (exact) mass is 268 g/mol. The van der Waals surface area contributed by atoms with Crippen LogP contribution in [-0.2, 0) is 9.53 Å². The van der Waals surface area contributed by atoms with E-state index in [0.717, 1.165) is 39.4 Å². The molecule has 1 aliphatic rings. The molecule has 1 fully saturated rings. The highest BCUT2D eigenvalue weighted by molar-refractivity contribution is 5.91. The number of nitrogens with zero attached hydrogens (tertiary/aromatic N) is 2. The average Bonchev–Trinajstić information content (AvgIpc) is 2.81. The van der Waals surface area contributed by atoms with Gasteiger partial charge in [-0.1, -0.05) is 5.16 Å². The Kier molecular flexibility index (Phi) is 5.31. The van der Waals surface area contributed by atoms with E-state index in [9.17, 15) is 4.79 Å². The molecule has 2 rings (SSSR count). The molecule has 2 N–H and O–H groups in total. The smallest absolute Gasteiger partial charge is 0.239 e. The van der Waals surface area contributed by atoms with Crippen LogP contribution in [0.25, 0.3) is 0 Å². The number of carbonyl (C=O) groups excluding carboxylic acids is 1. The minimum atomic E-state index is -0.115. The van der Waals surface area contributed by atoms with Crippen LogP contribution < -0.4 is 10.6 Å². The molecule has 0 radical (unpaired) electrons. The summed E-state index contributed by atoms with van der Waals surface area (Å²) >= 11 is 0. The zero-order valence-electron chi connectivity index (χ0n) is 11.1. The third kappa shape index (κ3) is 4.98. The van der Waals surface area contributed by atoms with E-state index in [-0.39, 0.29) is 12.5 Å². The summed E-state index contributed by atoms with van der Waals surface area (Å²) in [5.74, 6) is 1.02. The van der Waals surface area contributed by atoms with Gasteiger partial charge >= 0.3 is 0 Å². The second kappa shape index (κ2) is 7.22. The molecule has 1 aromatic heterocycles. The lowest BCUT2D eigenvalue weighted by molar-refractivity contribution is -0.115. The molecule has 0 aromatic carbocycles. The molecule has 1 aromatic rings. The van der Waals surface area contributed by atoms with Crippen molar-refractivity contribution >= 4 is 11.7 Å². The van der Waals surface area contributed by atoms with E-state index in [0.29, 0.717) is 11.6 Å². The summed E-state index contributed by atoms with van der Waals surface area (Å²) in [5.41, 5.74) is 0. The second-order valence-electron chi connectivity index (χ2n) is 4.50. The minimum absolute atomic E-state index is 0.115. The fourth-order valence-electron chi connectivity index (χ4n) is 1.88. The number of aromatic nitrogens is 1. The maximum absolute atomic E-state index is 11.6. The maximum atomic E-state index is 11.6. The number of rotatable bonds is 6. The number of ether oxygens (including phenoxy) is 1. The van der Waals surface area contributed by atoms with Crippen LogP contribution in [0.15, 0.2) is 10.6 Å². The Hall–Kier alpha value is -1.44. The zero-order valence-corrected chi connectivity index (χ0v) is 11.1. The van der Waals surface area contributed by atoms with Crippen LogP contribution in [0, 0.1) is 6.92 Å². The molecule has 19 heavy (non-hydrogen) atoms. The van der Waals surface area contributed by atoms with Crippen molar-refractivity contribution in [1.29, 1.82) is 0 Å². The van der Waals surface area contributed by atoms with Crippen LogP contribution >= 0.6 is 0 Å². The molecule has 2 heterocycles. The van der Waals surface area contributed by atoms with E-state index in [1.54, 1.807) is 13.0 Å². The molecule has 1 aliphatic heterocycles. The van der Waals surface area contributed by atoms with Gasteiger partial charge in [0, 0.05) is 32.2 Å². The summed E-state index contributed by atoms with van der Waals surface area (Å²) in [7, 11) is 0. The van der Waals surface area contributed by atoms with Gasteiger partial charge in [-0.15, -0.1) is 0 Å². The summed E-state index contributed by atoms with van der Waals surface area (Å²) < 4.78 is 10.1. The Morgan fingerprint density at radius 3 is 2.95 bits per heavy atom. The highest BCUT2D eigenvalue weighted by Gasteiger charge is 2.10. The van der Waals surface area contributed by atoms with Gasteiger partial charge in [-0.25, -0.2) is 0 Å². The summed E-state index contributed by atoms with van der Waals surface area (Å²) in [4.78, 5) is 13.9. The quantitative estimate of drug-likeness (QED) is 0.698. The fourth-order valence-corrected chi connectivity index (χ4v) is 1.88. The Bertz CT molecular complexity index is 401. The third-order valence-electron chi connectivity index (χ3n) is 2.89. The Balaban J connectivity index is 1.56. The first-order valence-corrected chi connectivity index (χ1v) is 6.48. The van der Waals surface area contributed by atoms with Gasteiger partial charge in [-0.3, -0.25) is 9.69 Å². The molecule has 0 unspecified atom stereocenters. The summed E-state index contributed by atoms with van der Waals surface area (Å²) in [5, 5.41) is 9.47. The van der Waals surface area contributed by atoms with Crippen LogP contribution in [0.3, 0.4) is 0 Å².